The van der Waals surface area contributed by atoms with Crippen molar-refractivity contribution in [2.45, 2.75) is 84.2 Å². The zero-order chi connectivity index (χ0) is 32.7. The average Bonchev–Trinajstić information content (AvgIpc) is 3.52. The summed E-state index contributed by atoms with van der Waals surface area (Å²) in [6.07, 6.45) is 4.48. The van der Waals surface area contributed by atoms with E-state index in [1.165, 1.54) is 17.0 Å². The van der Waals surface area contributed by atoms with Gasteiger partial charge in [0.1, 0.15) is 23.6 Å². The number of nitrogens with one attached hydrogen (secondary N) is 2. The van der Waals surface area contributed by atoms with Gasteiger partial charge in [0.05, 0.1) is 5.69 Å². The summed E-state index contributed by atoms with van der Waals surface area (Å²) in [5.41, 5.74) is 0.900. The second-order valence-corrected chi connectivity index (χ2v) is 12.4. The topological polar surface area (TPSA) is 141 Å². The Morgan fingerprint density at radius 3 is 2.40 bits per heavy atom. The van der Waals surface area contributed by atoms with Crippen LogP contribution in [0.3, 0.4) is 0 Å². The van der Waals surface area contributed by atoms with E-state index in [4.69, 9.17) is 4.63 Å². The van der Waals surface area contributed by atoms with Crippen molar-refractivity contribution < 1.29 is 28.2 Å². The molecule has 1 aromatic carbocycles. The molecule has 1 saturated carbocycles. The molecule has 2 heterocycles. The first-order valence-electron chi connectivity index (χ1n) is 16.0. The number of halogens is 1. The van der Waals surface area contributed by atoms with Gasteiger partial charge in [0.2, 0.25) is 29.9 Å². The van der Waals surface area contributed by atoms with Gasteiger partial charge in [-0.15, -0.1) is 0 Å². The maximum atomic E-state index is 15.7. The van der Waals surface area contributed by atoms with E-state index in [1.54, 1.807) is 24.8 Å². The molecular weight excluding hydrogens is 581 g/mol. The minimum absolute atomic E-state index is 0.0514. The van der Waals surface area contributed by atoms with Crippen LogP contribution >= 0.6 is 0 Å². The molecule has 1 saturated heterocycles. The first-order chi connectivity index (χ1) is 21.6. The highest BCUT2D eigenvalue weighted by molar-refractivity contribution is 6.00. The van der Waals surface area contributed by atoms with Gasteiger partial charge in [-0.05, 0) is 61.0 Å². The van der Waals surface area contributed by atoms with Gasteiger partial charge in [0.15, 0.2) is 0 Å². The van der Waals surface area contributed by atoms with Gasteiger partial charge in [-0.2, -0.15) is 0 Å². The number of amides is 4. The van der Waals surface area contributed by atoms with Crippen LogP contribution in [0.15, 0.2) is 22.8 Å². The van der Waals surface area contributed by atoms with Crippen LogP contribution in [0.1, 0.15) is 77.0 Å². The van der Waals surface area contributed by atoms with Crippen molar-refractivity contribution in [2.75, 3.05) is 43.4 Å². The highest BCUT2D eigenvalue weighted by Gasteiger charge is 2.39. The number of rotatable bonds is 12. The minimum Gasteiger partial charge on any atom is -0.344 e. The predicted octanol–water partition coefficient (Wildman–Crippen LogP) is 3.34. The fraction of sp³-hybridized carbons (Fsp3) is 0.625. The molecule has 2 fully saturated rings. The standard InChI is InChI=1S/C32H46FN7O5/c1-6-25-30(37-45-36-25)40(19-41)29(22-10-8-20(3)9-11-22)31(43)34-26-13-12-23(18-24(26)33)21(4)28(35-27(42)7-2)32(44)39-16-14-38(5)15-17-39/h12-13,18-22,28-29H,6-11,14-17H2,1-5H3,(H,34,43)(H,35,42)/t20?,21-,22?,28+,29-/m0/s1. The molecular formula is C32H46FN7O5. The number of aryl methyl sites for hydroxylation is 1. The van der Waals surface area contributed by atoms with Crippen LogP contribution in [0, 0.1) is 17.7 Å². The Morgan fingerprint density at radius 2 is 1.80 bits per heavy atom. The fourth-order valence-electron chi connectivity index (χ4n) is 6.25. The highest BCUT2D eigenvalue weighted by atomic mass is 19.1. The second-order valence-electron chi connectivity index (χ2n) is 12.4. The number of piperazine rings is 1. The van der Waals surface area contributed by atoms with Crippen molar-refractivity contribution in [1.82, 2.24) is 25.4 Å². The quantitative estimate of drug-likeness (QED) is 0.342. The summed E-state index contributed by atoms with van der Waals surface area (Å²) in [5.74, 6) is -1.72. The molecule has 12 nitrogen and oxygen atoms in total. The van der Waals surface area contributed by atoms with Gasteiger partial charge in [-0.3, -0.25) is 24.1 Å². The summed E-state index contributed by atoms with van der Waals surface area (Å²) in [6.45, 7) is 10.0. The number of nitrogens with zero attached hydrogens (tertiary/aromatic N) is 5. The van der Waals surface area contributed by atoms with E-state index in [1.807, 2.05) is 14.0 Å². The van der Waals surface area contributed by atoms with Gasteiger partial charge in [-0.25, -0.2) is 9.02 Å². The highest BCUT2D eigenvalue weighted by Crippen LogP contribution is 2.35. The molecule has 1 aromatic heterocycles. The van der Waals surface area contributed by atoms with Crippen LogP contribution in [0.2, 0.25) is 0 Å². The van der Waals surface area contributed by atoms with Crippen molar-refractivity contribution in [3.05, 3.63) is 35.3 Å². The van der Waals surface area contributed by atoms with Crippen LogP contribution in [0.25, 0.3) is 0 Å². The van der Waals surface area contributed by atoms with Crippen molar-refractivity contribution in [1.29, 1.82) is 0 Å². The molecule has 0 unspecified atom stereocenters. The second kappa shape index (κ2) is 15.4. The lowest BCUT2D eigenvalue weighted by Crippen LogP contribution is -2.55. The van der Waals surface area contributed by atoms with Gasteiger partial charge in [0, 0.05) is 38.5 Å². The van der Waals surface area contributed by atoms with E-state index in [9.17, 15) is 19.2 Å². The number of anilines is 2. The Labute approximate surface area is 264 Å². The number of likely N-dealkylation sites (N-methyl/N-ethyl adjacent to an activating group) is 1. The average molecular weight is 628 g/mol. The molecule has 0 bridgehead atoms. The Hall–Kier alpha value is -3.87. The Bertz CT molecular complexity index is 1340. The van der Waals surface area contributed by atoms with Crippen molar-refractivity contribution in [2.24, 2.45) is 11.8 Å². The van der Waals surface area contributed by atoms with Crippen LogP contribution in [-0.4, -0.2) is 89.6 Å². The van der Waals surface area contributed by atoms with Gasteiger partial charge >= 0.3 is 0 Å². The van der Waals surface area contributed by atoms with Crippen LogP contribution in [-0.2, 0) is 25.6 Å². The van der Waals surface area contributed by atoms with Crippen LogP contribution in [0.4, 0.5) is 15.9 Å². The Kier molecular flexibility index (Phi) is 11.7. The number of hydrogen-bond donors (Lipinski definition) is 2. The predicted molar refractivity (Wildman–Crippen MR) is 167 cm³/mol. The fourth-order valence-corrected chi connectivity index (χ4v) is 6.25. The Morgan fingerprint density at radius 1 is 1.11 bits per heavy atom. The molecule has 13 heteroatoms. The third-order valence-electron chi connectivity index (χ3n) is 9.30. The maximum absolute atomic E-state index is 15.7. The number of benzene rings is 1. The first-order valence-corrected chi connectivity index (χ1v) is 16.0. The summed E-state index contributed by atoms with van der Waals surface area (Å²) >= 11 is 0. The van der Waals surface area contributed by atoms with Crippen molar-refractivity contribution in [3.63, 3.8) is 0 Å². The number of aromatic nitrogens is 2. The van der Waals surface area contributed by atoms with E-state index < -0.39 is 29.7 Å². The molecule has 1 aliphatic carbocycles. The summed E-state index contributed by atoms with van der Waals surface area (Å²) < 4.78 is 20.6. The largest absolute Gasteiger partial charge is 0.344 e. The molecule has 45 heavy (non-hydrogen) atoms. The molecule has 2 aliphatic rings. The zero-order valence-electron chi connectivity index (χ0n) is 26.9. The lowest BCUT2D eigenvalue weighted by atomic mass is 9.78. The number of hydrogen-bond acceptors (Lipinski definition) is 8. The van der Waals surface area contributed by atoms with Crippen LogP contribution in [0.5, 0.6) is 0 Å². The lowest BCUT2D eigenvalue weighted by Gasteiger charge is -2.36. The number of carbonyl (C=O) groups is 4. The molecule has 4 rings (SSSR count). The summed E-state index contributed by atoms with van der Waals surface area (Å²) in [5, 5.41) is 13.3. The molecule has 2 aromatic rings. The van der Waals surface area contributed by atoms with E-state index in [0.717, 1.165) is 38.8 Å². The van der Waals surface area contributed by atoms with Crippen LogP contribution < -0.4 is 15.5 Å². The smallest absolute Gasteiger partial charge is 0.247 e. The van der Waals surface area contributed by atoms with E-state index >= 15 is 4.39 Å². The normalized spacial score (nSPS) is 21.0. The maximum Gasteiger partial charge on any atom is 0.247 e. The molecule has 2 N–H and O–H groups in total. The monoisotopic (exact) mass is 627 g/mol. The first kappa shape index (κ1) is 34.0. The third kappa shape index (κ3) is 8.05. The molecule has 4 amide bonds. The summed E-state index contributed by atoms with van der Waals surface area (Å²) in [7, 11) is 1.99. The molecule has 3 atom stereocenters. The molecule has 0 radical (unpaired) electrons. The van der Waals surface area contributed by atoms with Gasteiger partial charge < -0.3 is 20.4 Å². The molecule has 1 aliphatic heterocycles. The van der Waals surface area contributed by atoms with Crippen molar-refractivity contribution >= 4 is 35.6 Å². The van der Waals surface area contributed by atoms with E-state index in [0.29, 0.717) is 43.1 Å². The number of carbonyl (C=O) groups excluding carboxylic acids is 4. The van der Waals surface area contributed by atoms with Crippen molar-refractivity contribution in [3.8, 4) is 0 Å². The SMILES string of the molecule is CCC(=O)N[C@@H](C(=O)N1CCN(C)CC1)[C@@H](C)c1ccc(NC(=O)[C@H](C2CCC(C)CC2)N(C=O)c2nonc2CC)c(F)c1. The zero-order valence-corrected chi connectivity index (χ0v) is 26.9. The molecule has 246 valence electrons. The molecule has 0 spiro atoms. The van der Waals surface area contributed by atoms with E-state index in [2.05, 4.69) is 32.8 Å². The van der Waals surface area contributed by atoms with Gasteiger partial charge in [-0.1, -0.05) is 51.8 Å². The minimum atomic E-state index is -0.944. The van der Waals surface area contributed by atoms with E-state index in [-0.39, 0.29) is 35.7 Å². The van der Waals surface area contributed by atoms with Gasteiger partial charge in [0.25, 0.3) is 0 Å². The Balaban J connectivity index is 1.57. The summed E-state index contributed by atoms with van der Waals surface area (Å²) in [4.78, 5) is 57.3. The summed E-state index contributed by atoms with van der Waals surface area (Å²) in [6, 6.07) is 2.58. The lowest BCUT2D eigenvalue weighted by molar-refractivity contribution is -0.138. The third-order valence-corrected chi connectivity index (χ3v) is 9.30.